The molecule has 0 aromatic heterocycles. The van der Waals surface area contributed by atoms with Crippen molar-refractivity contribution in [1.29, 1.82) is 0 Å². The van der Waals surface area contributed by atoms with Crippen molar-refractivity contribution >= 4 is 11.9 Å². The van der Waals surface area contributed by atoms with Crippen molar-refractivity contribution in [2.75, 3.05) is 0 Å². The summed E-state index contributed by atoms with van der Waals surface area (Å²) in [5, 5.41) is 9.00. The fraction of sp³-hybridized carbons (Fsp3) is 0.905. The van der Waals surface area contributed by atoms with Crippen molar-refractivity contribution in [2.24, 2.45) is 11.8 Å². The standard InChI is InChI=1S/C21H38O4/c1-3-4-5-6-7-8-9-10-11-12-17(2)25-21(24)19-15-13-18(14-16-19)20(22)23/h17-19H,3-16H2,1-2H3,(H,22,23). The Morgan fingerprint density at radius 2 is 1.36 bits per heavy atom. The Morgan fingerprint density at radius 3 is 1.88 bits per heavy atom. The molecule has 0 amide bonds. The first-order chi connectivity index (χ1) is 12.0. The van der Waals surface area contributed by atoms with Crippen molar-refractivity contribution in [3.63, 3.8) is 0 Å². The first kappa shape index (κ1) is 22.0. The smallest absolute Gasteiger partial charge is 0.309 e. The molecular weight excluding hydrogens is 316 g/mol. The van der Waals surface area contributed by atoms with Gasteiger partial charge in [0.15, 0.2) is 0 Å². The van der Waals surface area contributed by atoms with Gasteiger partial charge in [0, 0.05) is 0 Å². The van der Waals surface area contributed by atoms with E-state index in [-0.39, 0.29) is 23.9 Å². The Hall–Kier alpha value is -1.06. The second-order valence-corrected chi connectivity index (χ2v) is 7.75. The quantitative estimate of drug-likeness (QED) is 0.339. The summed E-state index contributed by atoms with van der Waals surface area (Å²) in [6.07, 6.45) is 15.1. The average molecular weight is 355 g/mol. The molecule has 0 bridgehead atoms. The van der Waals surface area contributed by atoms with Crippen LogP contribution in [0.2, 0.25) is 0 Å². The van der Waals surface area contributed by atoms with Gasteiger partial charge in [0.25, 0.3) is 0 Å². The number of carboxylic acids is 1. The van der Waals surface area contributed by atoms with Gasteiger partial charge in [-0.25, -0.2) is 0 Å². The Bertz CT molecular complexity index is 372. The van der Waals surface area contributed by atoms with Crippen LogP contribution in [-0.4, -0.2) is 23.1 Å². The lowest BCUT2D eigenvalue weighted by atomic mass is 9.82. The first-order valence-electron chi connectivity index (χ1n) is 10.5. The molecule has 0 saturated heterocycles. The number of ether oxygens (including phenoxy) is 1. The topological polar surface area (TPSA) is 63.6 Å². The lowest BCUT2D eigenvalue weighted by molar-refractivity contribution is -0.156. The van der Waals surface area contributed by atoms with Gasteiger partial charge in [-0.05, 0) is 45.4 Å². The van der Waals surface area contributed by atoms with Gasteiger partial charge < -0.3 is 9.84 Å². The maximum Gasteiger partial charge on any atom is 0.309 e. The van der Waals surface area contributed by atoms with E-state index in [1.807, 2.05) is 6.92 Å². The van der Waals surface area contributed by atoms with Crippen LogP contribution in [0.5, 0.6) is 0 Å². The summed E-state index contributed by atoms with van der Waals surface area (Å²) >= 11 is 0. The summed E-state index contributed by atoms with van der Waals surface area (Å²) in [5.41, 5.74) is 0. The summed E-state index contributed by atoms with van der Waals surface area (Å²) in [4.78, 5) is 23.1. The summed E-state index contributed by atoms with van der Waals surface area (Å²) in [6, 6.07) is 0. The van der Waals surface area contributed by atoms with Gasteiger partial charge >= 0.3 is 11.9 Å². The normalized spacial score (nSPS) is 21.7. The minimum absolute atomic E-state index is 0.0192. The Balaban J connectivity index is 2.02. The van der Waals surface area contributed by atoms with E-state index < -0.39 is 5.97 Å². The maximum atomic E-state index is 12.2. The Kier molecular flexibility index (Phi) is 11.6. The van der Waals surface area contributed by atoms with Crippen LogP contribution in [0.15, 0.2) is 0 Å². The zero-order valence-electron chi connectivity index (χ0n) is 16.3. The van der Waals surface area contributed by atoms with Crippen LogP contribution in [-0.2, 0) is 14.3 Å². The molecule has 0 aromatic carbocycles. The lowest BCUT2D eigenvalue weighted by Gasteiger charge is -2.25. The molecule has 1 aliphatic rings. The Morgan fingerprint density at radius 1 is 0.880 bits per heavy atom. The zero-order chi connectivity index (χ0) is 18.5. The number of aliphatic carboxylic acids is 1. The second-order valence-electron chi connectivity index (χ2n) is 7.75. The number of hydrogen-bond acceptors (Lipinski definition) is 3. The monoisotopic (exact) mass is 354 g/mol. The number of rotatable bonds is 13. The van der Waals surface area contributed by atoms with Crippen molar-refractivity contribution in [2.45, 2.75) is 110 Å². The molecular formula is C21H38O4. The highest BCUT2D eigenvalue weighted by Gasteiger charge is 2.31. The third-order valence-electron chi connectivity index (χ3n) is 5.44. The molecule has 1 fully saturated rings. The highest BCUT2D eigenvalue weighted by Crippen LogP contribution is 2.30. The van der Waals surface area contributed by atoms with E-state index in [1.165, 1.54) is 51.4 Å². The van der Waals surface area contributed by atoms with Gasteiger partial charge in [0.2, 0.25) is 0 Å². The maximum absolute atomic E-state index is 12.2. The molecule has 1 saturated carbocycles. The first-order valence-corrected chi connectivity index (χ1v) is 10.5. The van der Waals surface area contributed by atoms with Crippen molar-refractivity contribution in [1.82, 2.24) is 0 Å². The molecule has 4 heteroatoms. The number of hydrogen-bond donors (Lipinski definition) is 1. The summed E-state index contributed by atoms with van der Waals surface area (Å²) < 4.78 is 5.57. The molecule has 1 unspecified atom stereocenters. The van der Waals surface area contributed by atoms with Crippen molar-refractivity contribution in [3.8, 4) is 0 Å². The molecule has 25 heavy (non-hydrogen) atoms. The number of carboxylic acid groups (broad SMARTS) is 1. The molecule has 1 aliphatic carbocycles. The minimum Gasteiger partial charge on any atom is -0.481 e. The molecule has 0 aromatic rings. The third-order valence-corrected chi connectivity index (χ3v) is 5.44. The molecule has 1 atom stereocenters. The molecule has 1 N–H and O–H groups in total. The molecule has 146 valence electrons. The van der Waals surface area contributed by atoms with Crippen LogP contribution >= 0.6 is 0 Å². The van der Waals surface area contributed by atoms with Gasteiger partial charge in [-0.3, -0.25) is 9.59 Å². The summed E-state index contributed by atoms with van der Waals surface area (Å²) in [5.74, 6) is -1.22. The van der Waals surface area contributed by atoms with Crippen molar-refractivity contribution < 1.29 is 19.4 Å². The number of carbonyl (C=O) groups excluding carboxylic acids is 1. The fourth-order valence-electron chi connectivity index (χ4n) is 3.67. The largest absolute Gasteiger partial charge is 0.481 e. The van der Waals surface area contributed by atoms with Crippen LogP contribution in [0, 0.1) is 11.8 Å². The van der Waals surface area contributed by atoms with Crippen LogP contribution in [0.1, 0.15) is 104 Å². The molecule has 0 spiro atoms. The fourth-order valence-corrected chi connectivity index (χ4v) is 3.67. The molecule has 4 nitrogen and oxygen atoms in total. The zero-order valence-corrected chi connectivity index (χ0v) is 16.3. The number of esters is 1. The van der Waals surface area contributed by atoms with Crippen LogP contribution in [0.25, 0.3) is 0 Å². The average Bonchev–Trinajstić information content (AvgIpc) is 2.60. The summed E-state index contributed by atoms with van der Waals surface area (Å²) in [7, 11) is 0. The van der Waals surface area contributed by atoms with Gasteiger partial charge in [-0.15, -0.1) is 0 Å². The van der Waals surface area contributed by atoms with Gasteiger partial charge in [-0.1, -0.05) is 58.3 Å². The van der Waals surface area contributed by atoms with E-state index in [9.17, 15) is 9.59 Å². The highest BCUT2D eigenvalue weighted by atomic mass is 16.5. The van der Waals surface area contributed by atoms with Crippen LogP contribution in [0.3, 0.4) is 0 Å². The Labute approximate surface area is 153 Å². The van der Waals surface area contributed by atoms with E-state index in [0.717, 1.165) is 12.8 Å². The number of carbonyl (C=O) groups is 2. The van der Waals surface area contributed by atoms with Gasteiger partial charge in [0.1, 0.15) is 0 Å². The second kappa shape index (κ2) is 13.2. The van der Waals surface area contributed by atoms with E-state index in [0.29, 0.717) is 25.7 Å². The van der Waals surface area contributed by atoms with E-state index in [4.69, 9.17) is 9.84 Å². The van der Waals surface area contributed by atoms with Gasteiger partial charge in [0.05, 0.1) is 17.9 Å². The van der Waals surface area contributed by atoms with E-state index in [2.05, 4.69) is 6.92 Å². The third kappa shape index (κ3) is 9.86. The minimum atomic E-state index is -0.731. The predicted octanol–water partition coefficient (Wildman–Crippen LogP) is 5.73. The highest BCUT2D eigenvalue weighted by molar-refractivity contribution is 5.74. The lowest BCUT2D eigenvalue weighted by Crippen LogP contribution is -2.29. The van der Waals surface area contributed by atoms with Crippen LogP contribution < -0.4 is 0 Å². The van der Waals surface area contributed by atoms with E-state index >= 15 is 0 Å². The van der Waals surface area contributed by atoms with Crippen LogP contribution in [0.4, 0.5) is 0 Å². The van der Waals surface area contributed by atoms with Gasteiger partial charge in [-0.2, -0.15) is 0 Å². The molecule has 0 radical (unpaired) electrons. The SMILES string of the molecule is CCCCCCCCCCCC(C)OC(=O)C1CCC(C(=O)O)CC1. The molecule has 0 aliphatic heterocycles. The molecule has 1 rings (SSSR count). The molecule has 0 heterocycles. The van der Waals surface area contributed by atoms with Crippen molar-refractivity contribution in [3.05, 3.63) is 0 Å². The van der Waals surface area contributed by atoms with E-state index in [1.54, 1.807) is 0 Å². The number of unbranched alkanes of at least 4 members (excludes halogenated alkanes) is 8. The summed E-state index contributed by atoms with van der Waals surface area (Å²) in [6.45, 7) is 4.22. The predicted molar refractivity (Wildman–Crippen MR) is 100 cm³/mol.